The van der Waals surface area contributed by atoms with Crippen LogP contribution in [0.15, 0.2) is 54.1 Å². The number of aryl methyl sites for hydroxylation is 2. The lowest BCUT2D eigenvalue weighted by molar-refractivity contribution is -0.145. The molecule has 2 aromatic rings. The molecule has 0 saturated carbocycles. The highest BCUT2D eigenvalue weighted by Gasteiger charge is 2.60. The van der Waals surface area contributed by atoms with Crippen molar-refractivity contribution in [2.24, 2.45) is 0 Å². The predicted molar refractivity (Wildman–Crippen MR) is 93.3 cm³/mol. The molecule has 0 aliphatic heterocycles. The van der Waals surface area contributed by atoms with Gasteiger partial charge in [0.1, 0.15) is 5.41 Å². The van der Waals surface area contributed by atoms with Gasteiger partial charge in [-0.1, -0.05) is 54.1 Å². The minimum absolute atomic E-state index is 0.162. The van der Waals surface area contributed by atoms with Crippen molar-refractivity contribution in [2.45, 2.75) is 33.1 Å². The van der Waals surface area contributed by atoms with Crippen LogP contribution in [0.25, 0.3) is 5.57 Å². The summed E-state index contributed by atoms with van der Waals surface area (Å²) in [6.45, 7) is 8.40. The average molecular weight is 306 g/mol. The van der Waals surface area contributed by atoms with Crippen LogP contribution < -0.4 is 0 Å². The molecule has 2 heteroatoms. The minimum atomic E-state index is -0.715. The van der Waals surface area contributed by atoms with E-state index in [4.69, 9.17) is 4.74 Å². The molecule has 0 aromatic heterocycles. The molecule has 1 unspecified atom stereocenters. The lowest BCUT2D eigenvalue weighted by Gasteiger charge is -2.21. The third kappa shape index (κ3) is 2.29. The highest BCUT2D eigenvalue weighted by atomic mass is 16.5. The molecule has 23 heavy (non-hydrogen) atoms. The van der Waals surface area contributed by atoms with Gasteiger partial charge in [-0.05, 0) is 55.5 Å². The van der Waals surface area contributed by atoms with Gasteiger partial charge < -0.3 is 4.74 Å². The second kappa shape index (κ2) is 5.69. The van der Waals surface area contributed by atoms with Crippen LogP contribution in [0.5, 0.6) is 0 Å². The van der Waals surface area contributed by atoms with E-state index < -0.39 is 5.41 Å². The van der Waals surface area contributed by atoms with Crippen molar-refractivity contribution in [3.63, 3.8) is 0 Å². The first-order valence-corrected chi connectivity index (χ1v) is 8.05. The van der Waals surface area contributed by atoms with Crippen LogP contribution in [0.4, 0.5) is 0 Å². The Labute approximate surface area is 137 Å². The van der Waals surface area contributed by atoms with E-state index in [1.54, 1.807) is 0 Å². The largest absolute Gasteiger partial charge is 0.465 e. The second-order valence-corrected chi connectivity index (χ2v) is 6.15. The number of rotatable bonds is 4. The summed E-state index contributed by atoms with van der Waals surface area (Å²) in [5.41, 5.74) is 5.88. The van der Waals surface area contributed by atoms with Crippen molar-refractivity contribution >= 4 is 11.5 Å². The van der Waals surface area contributed by atoms with Crippen molar-refractivity contribution in [1.82, 2.24) is 0 Å². The monoisotopic (exact) mass is 306 g/mol. The summed E-state index contributed by atoms with van der Waals surface area (Å²) in [5, 5.41) is 0. The Morgan fingerprint density at radius 1 is 1.04 bits per heavy atom. The Hall–Kier alpha value is -2.35. The van der Waals surface area contributed by atoms with Crippen LogP contribution in [0.3, 0.4) is 0 Å². The first kappa shape index (κ1) is 15.5. The summed E-state index contributed by atoms with van der Waals surface area (Å²) in [4.78, 5) is 12.9. The molecule has 0 spiro atoms. The molecular formula is C21H22O2. The standard InChI is InChI=1S/C21H22O2/c1-5-23-20(22)21(18-13-14(2)11-12-15(18)3)16(4)19(21)17-9-7-6-8-10-17/h6-13H,5H2,1-4H3. The van der Waals surface area contributed by atoms with Crippen LogP contribution in [0.2, 0.25) is 0 Å². The zero-order valence-electron chi connectivity index (χ0n) is 14.1. The van der Waals surface area contributed by atoms with Gasteiger partial charge in [0, 0.05) is 0 Å². The normalized spacial score (nSPS) is 19.7. The van der Waals surface area contributed by atoms with E-state index in [0.29, 0.717) is 6.61 Å². The fourth-order valence-electron chi connectivity index (χ4n) is 3.53. The Kier molecular flexibility index (Phi) is 3.85. The van der Waals surface area contributed by atoms with Gasteiger partial charge in [0.05, 0.1) is 6.61 Å². The zero-order valence-corrected chi connectivity index (χ0v) is 14.1. The molecule has 0 amide bonds. The summed E-state index contributed by atoms with van der Waals surface area (Å²) in [7, 11) is 0. The van der Waals surface area contributed by atoms with Gasteiger partial charge in [-0.3, -0.25) is 4.79 Å². The molecule has 0 saturated heterocycles. The van der Waals surface area contributed by atoms with Gasteiger partial charge in [-0.2, -0.15) is 0 Å². The minimum Gasteiger partial charge on any atom is -0.465 e. The van der Waals surface area contributed by atoms with E-state index in [2.05, 4.69) is 44.2 Å². The quantitative estimate of drug-likeness (QED) is 0.772. The lowest BCUT2D eigenvalue weighted by Crippen LogP contribution is -2.29. The fourth-order valence-corrected chi connectivity index (χ4v) is 3.53. The third-order valence-corrected chi connectivity index (χ3v) is 4.69. The van der Waals surface area contributed by atoms with Crippen LogP contribution >= 0.6 is 0 Å². The number of hydrogen-bond acceptors (Lipinski definition) is 2. The molecule has 0 fully saturated rings. The molecule has 1 aliphatic rings. The first-order chi connectivity index (χ1) is 11.0. The molecule has 0 radical (unpaired) electrons. The molecule has 3 rings (SSSR count). The predicted octanol–water partition coefficient (Wildman–Crippen LogP) is 4.59. The van der Waals surface area contributed by atoms with Gasteiger partial charge in [-0.25, -0.2) is 0 Å². The van der Waals surface area contributed by atoms with Crippen molar-refractivity contribution in [2.75, 3.05) is 6.61 Å². The van der Waals surface area contributed by atoms with Gasteiger partial charge in [0.15, 0.2) is 0 Å². The molecule has 0 bridgehead atoms. The molecular weight excluding hydrogens is 284 g/mol. The molecule has 1 aliphatic carbocycles. The Bertz CT molecular complexity index is 787. The van der Waals surface area contributed by atoms with E-state index in [-0.39, 0.29) is 5.97 Å². The van der Waals surface area contributed by atoms with Crippen LogP contribution in [0, 0.1) is 13.8 Å². The van der Waals surface area contributed by atoms with Crippen molar-refractivity contribution in [3.8, 4) is 0 Å². The van der Waals surface area contributed by atoms with Crippen molar-refractivity contribution in [1.29, 1.82) is 0 Å². The Morgan fingerprint density at radius 3 is 2.39 bits per heavy atom. The van der Waals surface area contributed by atoms with Crippen LogP contribution in [0.1, 0.15) is 36.1 Å². The van der Waals surface area contributed by atoms with E-state index in [1.165, 1.54) is 0 Å². The van der Waals surface area contributed by atoms with Crippen LogP contribution in [-0.2, 0) is 14.9 Å². The maximum atomic E-state index is 12.9. The molecule has 0 heterocycles. The summed E-state index contributed by atoms with van der Waals surface area (Å²) in [5.74, 6) is -0.162. The van der Waals surface area contributed by atoms with Crippen molar-refractivity contribution < 1.29 is 9.53 Å². The number of benzene rings is 2. The van der Waals surface area contributed by atoms with E-state index >= 15 is 0 Å². The maximum Gasteiger partial charge on any atom is 0.325 e. The summed E-state index contributed by atoms with van der Waals surface area (Å²) in [6.07, 6.45) is 0. The molecule has 2 nitrogen and oxygen atoms in total. The SMILES string of the molecule is CCOC(=O)C1(c2cc(C)ccc2C)C(C)=C1c1ccccc1. The number of carbonyl (C=O) groups excluding carboxylic acids is 1. The third-order valence-electron chi connectivity index (χ3n) is 4.69. The first-order valence-electron chi connectivity index (χ1n) is 8.05. The number of carbonyl (C=O) groups is 1. The molecule has 118 valence electrons. The number of hydrogen-bond donors (Lipinski definition) is 0. The van der Waals surface area contributed by atoms with E-state index in [9.17, 15) is 4.79 Å². The summed E-state index contributed by atoms with van der Waals surface area (Å²) in [6, 6.07) is 16.4. The Balaban J connectivity index is 2.16. The van der Waals surface area contributed by atoms with Gasteiger partial charge in [0.2, 0.25) is 0 Å². The average Bonchev–Trinajstić information content (AvgIpc) is 3.17. The van der Waals surface area contributed by atoms with Gasteiger partial charge in [-0.15, -0.1) is 0 Å². The van der Waals surface area contributed by atoms with Gasteiger partial charge in [0.25, 0.3) is 0 Å². The smallest absolute Gasteiger partial charge is 0.325 e. The summed E-state index contributed by atoms with van der Waals surface area (Å²) >= 11 is 0. The molecule has 0 N–H and O–H groups in total. The molecule has 1 atom stereocenters. The zero-order chi connectivity index (χ0) is 16.6. The second-order valence-electron chi connectivity index (χ2n) is 6.15. The number of esters is 1. The van der Waals surface area contributed by atoms with Crippen molar-refractivity contribution in [3.05, 3.63) is 76.4 Å². The topological polar surface area (TPSA) is 26.3 Å². The Morgan fingerprint density at radius 2 is 1.74 bits per heavy atom. The van der Waals surface area contributed by atoms with E-state index in [0.717, 1.165) is 33.4 Å². The van der Waals surface area contributed by atoms with Crippen LogP contribution in [-0.4, -0.2) is 12.6 Å². The maximum absolute atomic E-state index is 12.9. The molecule has 2 aromatic carbocycles. The lowest BCUT2D eigenvalue weighted by atomic mass is 9.83. The van der Waals surface area contributed by atoms with E-state index in [1.807, 2.05) is 32.0 Å². The fraction of sp³-hybridized carbons (Fsp3) is 0.286. The highest BCUT2D eigenvalue weighted by Crippen LogP contribution is 2.60. The summed E-state index contributed by atoms with van der Waals surface area (Å²) < 4.78 is 5.46. The highest BCUT2D eigenvalue weighted by molar-refractivity contribution is 6.15. The number of ether oxygens (including phenoxy) is 1. The van der Waals surface area contributed by atoms with Gasteiger partial charge >= 0.3 is 5.97 Å².